The van der Waals surface area contributed by atoms with Gasteiger partial charge >= 0.3 is 0 Å². The highest BCUT2D eigenvalue weighted by Crippen LogP contribution is 2.34. The van der Waals surface area contributed by atoms with Gasteiger partial charge in [0.25, 0.3) is 5.91 Å². The molecule has 0 aromatic heterocycles. The van der Waals surface area contributed by atoms with E-state index in [1.807, 2.05) is 24.3 Å². The number of rotatable bonds is 6. The SMILES string of the molecule is NCCCOc1ccc(C(=O)N2CCCC[C@@H]3N[C@H](c4ccccc4)C[C@H]32)cc1. The predicted octanol–water partition coefficient (Wildman–Crippen LogP) is 3.51. The number of hydrogen-bond donors (Lipinski definition) is 2. The molecule has 3 atom stereocenters. The van der Waals surface area contributed by atoms with Gasteiger partial charge in [0.15, 0.2) is 0 Å². The first kappa shape index (κ1) is 19.9. The fraction of sp³-hybridized carbons (Fsp3) is 0.458. The first-order chi connectivity index (χ1) is 14.3. The molecule has 5 heteroatoms. The smallest absolute Gasteiger partial charge is 0.254 e. The van der Waals surface area contributed by atoms with Crippen LogP contribution >= 0.6 is 0 Å². The lowest BCUT2D eigenvalue weighted by Gasteiger charge is -2.30. The second kappa shape index (κ2) is 9.42. The monoisotopic (exact) mass is 393 g/mol. The summed E-state index contributed by atoms with van der Waals surface area (Å²) in [7, 11) is 0. The maximum Gasteiger partial charge on any atom is 0.254 e. The van der Waals surface area contributed by atoms with Crippen molar-refractivity contribution >= 4 is 5.91 Å². The summed E-state index contributed by atoms with van der Waals surface area (Å²) >= 11 is 0. The van der Waals surface area contributed by atoms with Crippen molar-refractivity contribution < 1.29 is 9.53 Å². The molecular formula is C24H31N3O2. The Bertz CT molecular complexity index is 794. The zero-order chi connectivity index (χ0) is 20.1. The van der Waals surface area contributed by atoms with Crippen molar-refractivity contribution in [3.63, 3.8) is 0 Å². The minimum Gasteiger partial charge on any atom is -0.494 e. The summed E-state index contributed by atoms with van der Waals surface area (Å²) in [5, 5.41) is 3.80. The van der Waals surface area contributed by atoms with Gasteiger partial charge in [-0.05, 0) is 62.1 Å². The first-order valence-electron chi connectivity index (χ1n) is 10.8. The van der Waals surface area contributed by atoms with Crippen molar-refractivity contribution in [1.29, 1.82) is 0 Å². The molecule has 0 unspecified atom stereocenters. The molecule has 2 saturated heterocycles. The van der Waals surface area contributed by atoms with Gasteiger partial charge in [0.2, 0.25) is 0 Å². The van der Waals surface area contributed by atoms with Gasteiger partial charge in [-0.2, -0.15) is 0 Å². The molecule has 2 heterocycles. The van der Waals surface area contributed by atoms with Gasteiger partial charge in [0.05, 0.1) is 6.61 Å². The van der Waals surface area contributed by atoms with E-state index in [0.717, 1.165) is 50.0 Å². The van der Waals surface area contributed by atoms with E-state index in [2.05, 4.69) is 40.5 Å². The summed E-state index contributed by atoms with van der Waals surface area (Å²) in [5.74, 6) is 0.918. The van der Waals surface area contributed by atoms with E-state index in [1.54, 1.807) is 0 Å². The number of fused-ring (bicyclic) bond motifs is 1. The number of benzene rings is 2. The molecule has 0 radical (unpaired) electrons. The van der Waals surface area contributed by atoms with Crippen LogP contribution in [0.3, 0.4) is 0 Å². The van der Waals surface area contributed by atoms with Crippen molar-refractivity contribution in [2.24, 2.45) is 5.73 Å². The third-order valence-corrected chi connectivity index (χ3v) is 6.10. The van der Waals surface area contributed by atoms with Crippen LogP contribution in [0.5, 0.6) is 5.75 Å². The average molecular weight is 394 g/mol. The molecule has 0 saturated carbocycles. The second-order valence-corrected chi connectivity index (χ2v) is 8.05. The highest BCUT2D eigenvalue weighted by Gasteiger charge is 2.40. The van der Waals surface area contributed by atoms with Gasteiger partial charge in [0, 0.05) is 30.2 Å². The van der Waals surface area contributed by atoms with E-state index >= 15 is 0 Å². The molecule has 1 amide bonds. The number of ether oxygens (including phenoxy) is 1. The van der Waals surface area contributed by atoms with Crippen LogP contribution in [0.25, 0.3) is 0 Å². The lowest BCUT2D eigenvalue weighted by atomic mass is 10.00. The third-order valence-electron chi connectivity index (χ3n) is 6.10. The molecule has 154 valence electrons. The Labute approximate surface area is 173 Å². The Kier molecular flexibility index (Phi) is 6.47. The van der Waals surface area contributed by atoms with Gasteiger partial charge in [0.1, 0.15) is 5.75 Å². The molecule has 4 rings (SSSR count). The minimum atomic E-state index is 0.130. The summed E-state index contributed by atoms with van der Waals surface area (Å²) in [6.07, 6.45) is 5.16. The van der Waals surface area contributed by atoms with Crippen molar-refractivity contribution in [2.75, 3.05) is 19.7 Å². The van der Waals surface area contributed by atoms with Crippen molar-refractivity contribution in [3.05, 3.63) is 65.7 Å². The maximum absolute atomic E-state index is 13.4. The number of nitrogens with zero attached hydrogens (tertiary/aromatic N) is 1. The topological polar surface area (TPSA) is 67.6 Å². The van der Waals surface area contributed by atoms with Crippen LogP contribution in [-0.4, -0.2) is 42.6 Å². The highest BCUT2D eigenvalue weighted by molar-refractivity contribution is 5.94. The molecule has 2 fully saturated rings. The summed E-state index contributed by atoms with van der Waals surface area (Å²) in [4.78, 5) is 15.5. The van der Waals surface area contributed by atoms with Crippen LogP contribution in [0.15, 0.2) is 54.6 Å². The highest BCUT2D eigenvalue weighted by atomic mass is 16.5. The average Bonchev–Trinajstić information content (AvgIpc) is 3.09. The molecule has 29 heavy (non-hydrogen) atoms. The molecule has 2 aliphatic heterocycles. The molecule has 2 aliphatic rings. The number of likely N-dealkylation sites (tertiary alicyclic amines) is 1. The number of nitrogens with two attached hydrogens (primary N) is 1. The summed E-state index contributed by atoms with van der Waals surface area (Å²) in [6, 6.07) is 19.1. The van der Waals surface area contributed by atoms with Crippen LogP contribution in [0.2, 0.25) is 0 Å². The normalized spacial score (nSPS) is 24.0. The number of hydrogen-bond acceptors (Lipinski definition) is 4. The van der Waals surface area contributed by atoms with E-state index in [9.17, 15) is 4.79 Å². The minimum absolute atomic E-state index is 0.130. The van der Waals surface area contributed by atoms with E-state index in [0.29, 0.717) is 25.2 Å². The zero-order valence-electron chi connectivity index (χ0n) is 16.9. The van der Waals surface area contributed by atoms with E-state index < -0.39 is 0 Å². The van der Waals surface area contributed by atoms with Crippen LogP contribution in [-0.2, 0) is 0 Å². The summed E-state index contributed by atoms with van der Waals surface area (Å²) < 4.78 is 5.66. The lowest BCUT2D eigenvalue weighted by molar-refractivity contribution is 0.0677. The number of nitrogens with one attached hydrogen (secondary N) is 1. The lowest BCUT2D eigenvalue weighted by Crippen LogP contribution is -2.45. The molecule has 0 bridgehead atoms. The van der Waals surface area contributed by atoms with Gasteiger partial charge in [-0.1, -0.05) is 36.8 Å². The van der Waals surface area contributed by atoms with E-state index in [1.165, 1.54) is 5.56 Å². The molecule has 3 N–H and O–H groups in total. The van der Waals surface area contributed by atoms with Gasteiger partial charge in [-0.15, -0.1) is 0 Å². The standard InChI is InChI=1S/C24H31N3O2/c25-14-6-16-29-20-12-10-19(11-13-20)24(28)27-15-5-4-9-21-23(27)17-22(26-21)18-7-2-1-3-8-18/h1-3,7-8,10-13,21-23,26H,4-6,9,14-17,25H2/t21-,22-,23+/m0/s1. The third kappa shape index (κ3) is 4.62. The fourth-order valence-electron chi connectivity index (χ4n) is 4.58. The number of carbonyl (C=O) groups is 1. The molecule has 0 aliphatic carbocycles. The zero-order valence-corrected chi connectivity index (χ0v) is 16.9. The molecule has 2 aromatic carbocycles. The van der Waals surface area contributed by atoms with Crippen LogP contribution in [0.4, 0.5) is 0 Å². The van der Waals surface area contributed by atoms with E-state index in [-0.39, 0.29) is 11.9 Å². The molecule has 2 aromatic rings. The maximum atomic E-state index is 13.4. The van der Waals surface area contributed by atoms with Crippen LogP contribution in [0.1, 0.15) is 54.1 Å². The van der Waals surface area contributed by atoms with Crippen LogP contribution < -0.4 is 15.8 Å². The molecule has 0 spiro atoms. The van der Waals surface area contributed by atoms with Crippen molar-refractivity contribution in [1.82, 2.24) is 10.2 Å². The Balaban J connectivity index is 1.47. The first-order valence-corrected chi connectivity index (χ1v) is 10.8. The fourth-order valence-corrected chi connectivity index (χ4v) is 4.58. The van der Waals surface area contributed by atoms with Gasteiger partial charge < -0.3 is 20.7 Å². The van der Waals surface area contributed by atoms with Gasteiger partial charge in [-0.25, -0.2) is 0 Å². The Morgan fingerprint density at radius 2 is 1.90 bits per heavy atom. The summed E-state index contributed by atoms with van der Waals surface area (Å²) in [5.41, 5.74) is 7.55. The van der Waals surface area contributed by atoms with Crippen molar-refractivity contribution in [3.8, 4) is 5.75 Å². The Morgan fingerprint density at radius 1 is 1.10 bits per heavy atom. The predicted molar refractivity (Wildman–Crippen MR) is 115 cm³/mol. The second-order valence-electron chi connectivity index (χ2n) is 8.05. The van der Waals surface area contributed by atoms with Gasteiger partial charge in [-0.3, -0.25) is 4.79 Å². The largest absolute Gasteiger partial charge is 0.494 e. The Hall–Kier alpha value is -2.37. The number of amides is 1. The quantitative estimate of drug-likeness (QED) is 0.737. The van der Waals surface area contributed by atoms with Crippen molar-refractivity contribution in [2.45, 2.75) is 50.2 Å². The Morgan fingerprint density at radius 3 is 2.66 bits per heavy atom. The molecular weight excluding hydrogens is 362 g/mol. The molecule has 5 nitrogen and oxygen atoms in total. The summed E-state index contributed by atoms with van der Waals surface area (Å²) in [6.45, 7) is 2.05. The number of carbonyl (C=O) groups excluding carboxylic acids is 1. The van der Waals surface area contributed by atoms with Crippen LogP contribution in [0, 0.1) is 0 Å². The van der Waals surface area contributed by atoms with E-state index in [4.69, 9.17) is 10.5 Å².